The van der Waals surface area contributed by atoms with Crippen molar-refractivity contribution in [2.24, 2.45) is 0 Å². The van der Waals surface area contributed by atoms with Crippen LogP contribution < -0.4 is 0 Å². The monoisotopic (exact) mass is 312 g/mol. The van der Waals surface area contributed by atoms with Gasteiger partial charge in [0.2, 0.25) is 0 Å². The van der Waals surface area contributed by atoms with Crippen molar-refractivity contribution in [1.82, 2.24) is 9.55 Å². The zero-order valence-electron chi connectivity index (χ0n) is 9.34. The number of fused-ring (bicyclic) bond motifs is 1. The Balaban J connectivity index is 0.00000108. The number of halogens is 2. The van der Waals surface area contributed by atoms with Gasteiger partial charge in [0.25, 0.3) is 0 Å². The summed E-state index contributed by atoms with van der Waals surface area (Å²) in [7, 11) is 0. The fourth-order valence-corrected chi connectivity index (χ4v) is 2.70. The van der Waals surface area contributed by atoms with Crippen molar-refractivity contribution < 1.29 is 0 Å². The molecule has 1 aliphatic heterocycles. The summed E-state index contributed by atoms with van der Waals surface area (Å²) < 4.78 is 3.45. The molecule has 2 heterocycles. The predicted molar refractivity (Wildman–Crippen MR) is 74.7 cm³/mol. The molecule has 0 saturated heterocycles. The Labute approximate surface area is 116 Å². The molecule has 0 saturated carbocycles. The van der Waals surface area contributed by atoms with Crippen LogP contribution in [0.4, 0.5) is 0 Å². The normalized spacial score (nSPS) is 18.3. The largest absolute Gasteiger partial charge is 0.327 e. The molecular weight excluding hydrogens is 300 g/mol. The molecule has 1 aromatic carbocycles. The molecule has 0 aliphatic carbocycles. The quantitative estimate of drug-likeness (QED) is 0.778. The topological polar surface area (TPSA) is 17.8 Å². The molecule has 2 aromatic rings. The van der Waals surface area contributed by atoms with Crippen LogP contribution in [0.15, 0.2) is 41.3 Å². The third-order valence-corrected chi connectivity index (χ3v) is 3.78. The number of nitrogens with zero attached hydrogens (tertiary/aromatic N) is 2. The van der Waals surface area contributed by atoms with Crippen LogP contribution in [0.25, 0.3) is 0 Å². The number of aryl methyl sites for hydroxylation is 1. The number of aromatic nitrogens is 2. The van der Waals surface area contributed by atoms with E-state index in [0.717, 1.165) is 10.9 Å². The molecule has 2 nitrogen and oxygen atoms in total. The lowest BCUT2D eigenvalue weighted by molar-refractivity contribution is 0.458. The molecule has 17 heavy (non-hydrogen) atoms. The lowest BCUT2D eigenvalue weighted by Crippen LogP contribution is -2.17. The highest BCUT2D eigenvalue weighted by atomic mass is 79.9. The first kappa shape index (κ1) is 12.7. The van der Waals surface area contributed by atoms with Gasteiger partial charge in [-0.2, -0.15) is 0 Å². The van der Waals surface area contributed by atoms with Crippen LogP contribution in [0.5, 0.6) is 0 Å². The van der Waals surface area contributed by atoms with Gasteiger partial charge in [0.15, 0.2) is 0 Å². The molecule has 0 fully saturated rings. The minimum absolute atomic E-state index is 0. The molecule has 90 valence electrons. The van der Waals surface area contributed by atoms with Crippen LogP contribution in [-0.4, -0.2) is 9.55 Å². The Hall–Kier alpha value is -0.800. The highest BCUT2D eigenvalue weighted by Gasteiger charge is 2.20. The number of rotatable bonds is 1. The van der Waals surface area contributed by atoms with Crippen molar-refractivity contribution in [2.75, 3.05) is 0 Å². The number of hydrogen-bond acceptors (Lipinski definition) is 1. The highest BCUT2D eigenvalue weighted by Crippen LogP contribution is 2.30. The molecule has 1 atom stereocenters. The number of imidazole rings is 1. The smallest absolute Gasteiger partial charge is 0.0953 e. The third kappa shape index (κ3) is 2.40. The molecule has 0 radical (unpaired) electrons. The summed E-state index contributed by atoms with van der Waals surface area (Å²) in [5.74, 6) is 0. The Kier molecular flexibility index (Phi) is 3.89. The van der Waals surface area contributed by atoms with Gasteiger partial charge in [-0.25, -0.2) is 4.98 Å². The van der Waals surface area contributed by atoms with E-state index in [1.54, 1.807) is 0 Å². The molecule has 0 spiro atoms. The second-order valence-electron chi connectivity index (χ2n) is 4.25. The van der Waals surface area contributed by atoms with Crippen molar-refractivity contribution in [1.29, 1.82) is 0 Å². The van der Waals surface area contributed by atoms with Crippen LogP contribution in [-0.2, 0) is 6.42 Å². The molecule has 3 rings (SSSR count). The summed E-state index contributed by atoms with van der Waals surface area (Å²) in [4.78, 5) is 4.25. The van der Waals surface area contributed by atoms with Gasteiger partial charge < -0.3 is 4.57 Å². The summed E-state index contributed by atoms with van der Waals surface area (Å²) >= 11 is 3.47. The first-order valence-corrected chi connectivity index (χ1v) is 6.40. The van der Waals surface area contributed by atoms with E-state index in [1.165, 1.54) is 24.1 Å². The van der Waals surface area contributed by atoms with E-state index in [4.69, 9.17) is 0 Å². The molecule has 1 aromatic heterocycles. The molecule has 0 bridgehead atoms. The lowest BCUT2D eigenvalue weighted by Gasteiger charge is -2.25. The van der Waals surface area contributed by atoms with Crippen LogP contribution >= 0.6 is 28.3 Å². The van der Waals surface area contributed by atoms with Gasteiger partial charge in [0.1, 0.15) is 0 Å². The van der Waals surface area contributed by atoms with Gasteiger partial charge >= 0.3 is 0 Å². The van der Waals surface area contributed by atoms with Crippen LogP contribution in [0, 0.1) is 0 Å². The average Bonchev–Trinajstić information content (AvgIpc) is 2.78. The fraction of sp³-hybridized carbons (Fsp3) is 0.308. The molecule has 1 aliphatic rings. The van der Waals surface area contributed by atoms with E-state index in [2.05, 4.69) is 49.7 Å². The summed E-state index contributed by atoms with van der Waals surface area (Å²) in [6.45, 7) is 0. The van der Waals surface area contributed by atoms with E-state index in [1.807, 2.05) is 12.5 Å². The van der Waals surface area contributed by atoms with Gasteiger partial charge in [-0.3, -0.25) is 0 Å². The molecular formula is C13H14BrClN2. The molecule has 0 amide bonds. The molecule has 4 heteroatoms. The second-order valence-corrected chi connectivity index (χ2v) is 5.17. The Morgan fingerprint density at radius 1 is 1.24 bits per heavy atom. The highest BCUT2D eigenvalue weighted by molar-refractivity contribution is 9.10. The Bertz CT molecular complexity index is 492. The second kappa shape index (κ2) is 5.23. The summed E-state index contributed by atoms with van der Waals surface area (Å²) in [6.07, 6.45) is 7.58. The average molecular weight is 314 g/mol. The van der Waals surface area contributed by atoms with E-state index in [-0.39, 0.29) is 12.4 Å². The Morgan fingerprint density at radius 2 is 2.00 bits per heavy atom. The van der Waals surface area contributed by atoms with E-state index in [9.17, 15) is 0 Å². The maximum atomic E-state index is 4.25. The van der Waals surface area contributed by atoms with Crippen molar-refractivity contribution >= 4 is 28.3 Å². The van der Waals surface area contributed by atoms with Crippen molar-refractivity contribution in [3.05, 3.63) is 52.5 Å². The van der Waals surface area contributed by atoms with E-state index >= 15 is 0 Å². The zero-order chi connectivity index (χ0) is 11.0. The van der Waals surface area contributed by atoms with Crippen LogP contribution in [0.3, 0.4) is 0 Å². The van der Waals surface area contributed by atoms with Gasteiger partial charge in [-0.1, -0.05) is 28.1 Å². The summed E-state index contributed by atoms with van der Waals surface area (Å²) in [5, 5.41) is 0. The first-order chi connectivity index (χ1) is 7.84. The predicted octanol–water partition coefficient (Wildman–Crippen LogP) is 3.99. The van der Waals surface area contributed by atoms with Crippen LogP contribution in [0.2, 0.25) is 0 Å². The first-order valence-electron chi connectivity index (χ1n) is 5.61. The minimum Gasteiger partial charge on any atom is -0.327 e. The maximum absolute atomic E-state index is 4.25. The minimum atomic E-state index is 0. The molecule has 1 unspecified atom stereocenters. The van der Waals surface area contributed by atoms with E-state index < -0.39 is 0 Å². The van der Waals surface area contributed by atoms with Gasteiger partial charge in [-0.05, 0) is 37.0 Å². The lowest BCUT2D eigenvalue weighted by atomic mass is 9.96. The standard InChI is InChI=1S/C13H13BrN2.ClH/c14-11-6-4-10(5-7-11)13-3-1-2-12-8-15-9-16(12)13;/h4-9,13H,1-3H2;1H. The van der Waals surface area contributed by atoms with Gasteiger partial charge in [0, 0.05) is 16.4 Å². The van der Waals surface area contributed by atoms with E-state index in [0.29, 0.717) is 6.04 Å². The third-order valence-electron chi connectivity index (χ3n) is 3.25. The summed E-state index contributed by atoms with van der Waals surface area (Å²) in [5.41, 5.74) is 2.74. The van der Waals surface area contributed by atoms with Crippen molar-refractivity contribution in [3.8, 4) is 0 Å². The van der Waals surface area contributed by atoms with Crippen molar-refractivity contribution in [2.45, 2.75) is 25.3 Å². The van der Waals surface area contributed by atoms with Gasteiger partial charge in [0.05, 0.1) is 12.4 Å². The van der Waals surface area contributed by atoms with Crippen molar-refractivity contribution in [3.63, 3.8) is 0 Å². The molecule has 0 N–H and O–H groups in total. The number of benzene rings is 1. The summed E-state index contributed by atoms with van der Waals surface area (Å²) in [6, 6.07) is 9.09. The SMILES string of the molecule is Brc1ccc(C2CCCc3cncn32)cc1.Cl. The zero-order valence-corrected chi connectivity index (χ0v) is 11.7. The Morgan fingerprint density at radius 3 is 2.76 bits per heavy atom. The fourth-order valence-electron chi connectivity index (χ4n) is 2.43. The van der Waals surface area contributed by atoms with Gasteiger partial charge in [-0.15, -0.1) is 12.4 Å². The van der Waals surface area contributed by atoms with Crippen LogP contribution in [0.1, 0.15) is 30.1 Å². The maximum Gasteiger partial charge on any atom is 0.0953 e. The number of hydrogen-bond donors (Lipinski definition) is 0.